The fourth-order valence-corrected chi connectivity index (χ4v) is 7.95. The second-order valence-electron chi connectivity index (χ2n) is 10.3. The maximum Gasteiger partial charge on any atom is 0.331 e. The van der Waals surface area contributed by atoms with E-state index in [1.54, 1.807) is 0 Å². The van der Waals surface area contributed by atoms with Crippen LogP contribution in [0.4, 0.5) is 0 Å². The number of carboxylic acid groups (broad SMARTS) is 1. The molecule has 0 aromatic heterocycles. The van der Waals surface area contributed by atoms with Gasteiger partial charge in [-0.1, -0.05) is 25.8 Å². The minimum Gasteiger partial charge on any atom is -0.478 e. The molecule has 0 heterocycles. The summed E-state index contributed by atoms with van der Waals surface area (Å²) in [6.07, 6.45) is 12.5. The first kappa shape index (κ1) is 20.6. The standard InChI is InChI=1S/C24H34O5/c1-15(26)29-14-24-11-4-3-5-16(24)6-7-17-19-9-8-18(22(27)28)21(13-25)23(19,2)12-10-20(17)24/h8,13,16-17,19-21H,3-7,9-12,14H2,1-2H3,(H,27,28)/t16-,17+,19+,20+,21-,23+,24-/m1/s1. The van der Waals surface area contributed by atoms with Crippen LogP contribution in [0, 0.1) is 40.4 Å². The van der Waals surface area contributed by atoms with E-state index in [0.29, 0.717) is 30.3 Å². The quantitative estimate of drug-likeness (QED) is 0.557. The van der Waals surface area contributed by atoms with Gasteiger partial charge in [-0.25, -0.2) is 4.79 Å². The molecule has 3 fully saturated rings. The molecule has 0 aromatic rings. The zero-order valence-electron chi connectivity index (χ0n) is 17.7. The van der Waals surface area contributed by atoms with E-state index in [1.165, 1.54) is 26.2 Å². The van der Waals surface area contributed by atoms with Crippen molar-refractivity contribution >= 4 is 18.2 Å². The van der Waals surface area contributed by atoms with E-state index in [0.717, 1.165) is 44.8 Å². The number of aliphatic carboxylic acids is 1. The van der Waals surface area contributed by atoms with Crippen molar-refractivity contribution in [3.05, 3.63) is 11.6 Å². The van der Waals surface area contributed by atoms with Gasteiger partial charge in [0.2, 0.25) is 0 Å². The number of allylic oxidation sites excluding steroid dienone is 1. The van der Waals surface area contributed by atoms with E-state index in [2.05, 4.69) is 6.92 Å². The van der Waals surface area contributed by atoms with E-state index >= 15 is 0 Å². The van der Waals surface area contributed by atoms with Crippen molar-refractivity contribution in [2.75, 3.05) is 6.61 Å². The molecule has 29 heavy (non-hydrogen) atoms. The van der Waals surface area contributed by atoms with Gasteiger partial charge in [-0.2, -0.15) is 0 Å². The highest BCUT2D eigenvalue weighted by Gasteiger charge is 2.61. The molecule has 7 atom stereocenters. The van der Waals surface area contributed by atoms with E-state index in [4.69, 9.17) is 4.74 Å². The van der Waals surface area contributed by atoms with Crippen LogP contribution in [-0.4, -0.2) is 29.9 Å². The van der Waals surface area contributed by atoms with Crippen LogP contribution >= 0.6 is 0 Å². The maximum absolute atomic E-state index is 12.0. The summed E-state index contributed by atoms with van der Waals surface area (Å²) in [6.45, 7) is 4.18. The van der Waals surface area contributed by atoms with Gasteiger partial charge in [-0.05, 0) is 74.0 Å². The number of ether oxygens (including phenoxy) is 1. The van der Waals surface area contributed by atoms with Crippen molar-refractivity contribution in [2.45, 2.75) is 71.6 Å². The van der Waals surface area contributed by atoms with E-state index in [1.807, 2.05) is 6.08 Å². The van der Waals surface area contributed by atoms with Gasteiger partial charge in [0.25, 0.3) is 0 Å². The third-order valence-corrected chi connectivity index (χ3v) is 9.28. The molecule has 160 valence electrons. The highest BCUT2D eigenvalue weighted by atomic mass is 16.5. The fourth-order valence-electron chi connectivity index (χ4n) is 7.95. The Bertz CT molecular complexity index is 727. The Morgan fingerprint density at radius 2 is 1.97 bits per heavy atom. The summed E-state index contributed by atoms with van der Waals surface area (Å²) >= 11 is 0. The van der Waals surface area contributed by atoms with Gasteiger partial charge in [-0.3, -0.25) is 4.79 Å². The maximum atomic E-state index is 12.0. The topological polar surface area (TPSA) is 80.7 Å². The van der Waals surface area contributed by atoms with Gasteiger partial charge in [0.1, 0.15) is 6.29 Å². The second-order valence-corrected chi connectivity index (χ2v) is 10.3. The molecule has 0 unspecified atom stereocenters. The van der Waals surface area contributed by atoms with Crippen LogP contribution in [0.2, 0.25) is 0 Å². The van der Waals surface area contributed by atoms with Crippen molar-refractivity contribution < 1.29 is 24.2 Å². The number of hydrogen-bond donors (Lipinski definition) is 1. The molecule has 4 rings (SSSR count). The number of rotatable bonds is 4. The average molecular weight is 403 g/mol. The van der Waals surface area contributed by atoms with Crippen LogP contribution in [0.5, 0.6) is 0 Å². The third kappa shape index (κ3) is 3.16. The summed E-state index contributed by atoms with van der Waals surface area (Å²) in [7, 11) is 0. The highest BCUT2D eigenvalue weighted by molar-refractivity contribution is 5.92. The van der Waals surface area contributed by atoms with Crippen molar-refractivity contribution in [1.82, 2.24) is 0 Å². The lowest BCUT2D eigenvalue weighted by Crippen LogP contribution is -2.58. The smallest absolute Gasteiger partial charge is 0.331 e. The van der Waals surface area contributed by atoms with Crippen molar-refractivity contribution in [2.24, 2.45) is 40.4 Å². The van der Waals surface area contributed by atoms with E-state index in [9.17, 15) is 19.5 Å². The molecular formula is C24H34O5. The summed E-state index contributed by atoms with van der Waals surface area (Å²) in [6, 6.07) is 0. The number of carbonyl (C=O) groups excluding carboxylic acids is 2. The summed E-state index contributed by atoms with van der Waals surface area (Å²) in [5.74, 6) is 0.269. The molecule has 0 saturated heterocycles. The number of esters is 1. The minimum atomic E-state index is -0.953. The fraction of sp³-hybridized carbons (Fsp3) is 0.792. The van der Waals surface area contributed by atoms with Crippen molar-refractivity contribution in [3.8, 4) is 0 Å². The van der Waals surface area contributed by atoms with Gasteiger partial charge >= 0.3 is 11.9 Å². The molecule has 0 aromatic carbocycles. The lowest BCUT2D eigenvalue weighted by Gasteiger charge is -2.63. The zero-order chi connectivity index (χ0) is 20.8. The van der Waals surface area contributed by atoms with Gasteiger partial charge < -0.3 is 14.6 Å². The molecular weight excluding hydrogens is 368 g/mol. The molecule has 4 aliphatic carbocycles. The lowest BCUT2D eigenvalue weighted by molar-refractivity contribution is -0.172. The molecule has 0 spiro atoms. The van der Waals surface area contributed by atoms with Gasteiger partial charge in [0, 0.05) is 17.9 Å². The Morgan fingerprint density at radius 3 is 2.66 bits per heavy atom. The zero-order valence-corrected chi connectivity index (χ0v) is 17.7. The monoisotopic (exact) mass is 402 g/mol. The van der Waals surface area contributed by atoms with Crippen LogP contribution in [0.15, 0.2) is 11.6 Å². The molecule has 4 aliphatic rings. The first-order valence-corrected chi connectivity index (χ1v) is 11.4. The Hall–Kier alpha value is -1.65. The van der Waals surface area contributed by atoms with Gasteiger partial charge in [0.15, 0.2) is 0 Å². The molecule has 5 nitrogen and oxygen atoms in total. The molecule has 1 N–H and O–H groups in total. The number of fused-ring (bicyclic) bond motifs is 5. The van der Waals surface area contributed by atoms with Crippen LogP contribution < -0.4 is 0 Å². The molecule has 0 radical (unpaired) electrons. The summed E-state index contributed by atoms with van der Waals surface area (Å²) in [5.41, 5.74) is 0.0788. The van der Waals surface area contributed by atoms with Gasteiger partial charge in [-0.15, -0.1) is 0 Å². The predicted molar refractivity (Wildman–Crippen MR) is 108 cm³/mol. The first-order chi connectivity index (χ1) is 13.8. The number of carbonyl (C=O) groups is 3. The average Bonchev–Trinajstić information content (AvgIpc) is 2.70. The molecule has 0 aliphatic heterocycles. The lowest BCUT2D eigenvalue weighted by atomic mass is 9.42. The molecule has 5 heteroatoms. The predicted octanol–water partition coefficient (Wildman–Crippen LogP) is 4.40. The summed E-state index contributed by atoms with van der Waals surface area (Å²) in [4.78, 5) is 35.4. The Balaban J connectivity index is 1.68. The molecule has 0 bridgehead atoms. The SMILES string of the molecule is CC(=O)OC[C@]12CCCC[C@@H]1CC[C@H]1[C@@H]3CC=C(C(=O)O)[C@@H](C=O)[C@@]3(C)CC[C@@H]12. The Labute approximate surface area is 173 Å². The molecule has 3 saturated carbocycles. The largest absolute Gasteiger partial charge is 0.478 e. The van der Waals surface area contributed by atoms with Crippen LogP contribution in [0.3, 0.4) is 0 Å². The highest BCUT2D eigenvalue weighted by Crippen LogP contribution is 2.66. The summed E-state index contributed by atoms with van der Waals surface area (Å²) < 4.78 is 5.66. The van der Waals surface area contributed by atoms with E-state index < -0.39 is 11.9 Å². The minimum absolute atomic E-state index is 0.0711. The second kappa shape index (κ2) is 7.55. The van der Waals surface area contributed by atoms with Gasteiger partial charge in [0.05, 0.1) is 12.5 Å². The number of carboxylic acids is 1. The Morgan fingerprint density at radius 1 is 1.17 bits per heavy atom. The van der Waals surface area contributed by atoms with Crippen molar-refractivity contribution in [1.29, 1.82) is 0 Å². The van der Waals surface area contributed by atoms with Crippen LogP contribution in [-0.2, 0) is 19.1 Å². The van der Waals surface area contributed by atoms with Crippen LogP contribution in [0.25, 0.3) is 0 Å². The number of hydrogen-bond acceptors (Lipinski definition) is 4. The number of aldehydes is 1. The van der Waals surface area contributed by atoms with Crippen LogP contribution in [0.1, 0.15) is 71.6 Å². The summed E-state index contributed by atoms with van der Waals surface area (Å²) in [5, 5.41) is 9.62. The van der Waals surface area contributed by atoms with Crippen molar-refractivity contribution in [3.63, 3.8) is 0 Å². The third-order valence-electron chi connectivity index (χ3n) is 9.28. The normalized spacial score (nSPS) is 43.8. The molecule has 0 amide bonds. The first-order valence-electron chi connectivity index (χ1n) is 11.4. The van der Waals surface area contributed by atoms with E-state index in [-0.39, 0.29) is 22.4 Å². The Kier molecular flexibility index (Phi) is 5.37.